The first-order valence-electron chi connectivity index (χ1n) is 6.32. The van der Waals surface area contributed by atoms with Gasteiger partial charge in [-0.3, -0.25) is 9.69 Å². The quantitative estimate of drug-likeness (QED) is 0.847. The fraction of sp³-hybridized carbons (Fsp3) is 0.667. The Morgan fingerprint density at radius 2 is 2.26 bits per heavy atom. The van der Waals surface area contributed by atoms with Crippen LogP contribution in [0.2, 0.25) is 0 Å². The van der Waals surface area contributed by atoms with Crippen molar-refractivity contribution in [3.05, 3.63) is 18.0 Å². The lowest BCUT2D eigenvalue weighted by atomic mass is 10.3. The second kappa shape index (κ2) is 8.14. The van der Waals surface area contributed by atoms with E-state index in [0.717, 1.165) is 38.4 Å². The fourth-order valence-corrected chi connectivity index (χ4v) is 2.03. The van der Waals surface area contributed by atoms with Gasteiger partial charge >= 0.3 is 0 Å². The Morgan fingerprint density at radius 1 is 1.53 bits per heavy atom. The molecule has 19 heavy (non-hydrogen) atoms. The lowest BCUT2D eigenvalue weighted by Gasteiger charge is -2.28. The van der Waals surface area contributed by atoms with Crippen molar-refractivity contribution in [1.29, 1.82) is 0 Å². The number of nitrogens with zero attached hydrogens (tertiary/aromatic N) is 3. The second-order valence-corrected chi connectivity index (χ2v) is 4.61. The number of hydrogen-bond acceptors (Lipinski definition) is 5. The van der Waals surface area contributed by atoms with Gasteiger partial charge in [-0.05, 0) is 7.05 Å². The predicted molar refractivity (Wildman–Crippen MR) is 74.2 cm³/mol. The van der Waals surface area contributed by atoms with E-state index in [-0.39, 0.29) is 18.3 Å². The molecule has 2 heterocycles. The Hall–Kier alpha value is -1.11. The van der Waals surface area contributed by atoms with E-state index in [9.17, 15) is 4.79 Å². The fourth-order valence-electron chi connectivity index (χ4n) is 2.03. The van der Waals surface area contributed by atoms with E-state index >= 15 is 0 Å². The molecule has 0 radical (unpaired) electrons. The Balaban J connectivity index is 0.00000180. The number of rotatable bonds is 5. The normalized spacial score (nSPS) is 15.4. The summed E-state index contributed by atoms with van der Waals surface area (Å²) in [5.74, 6) is 0.239. The summed E-state index contributed by atoms with van der Waals surface area (Å²) < 4.78 is 4.78. The topological polar surface area (TPSA) is 61.6 Å². The van der Waals surface area contributed by atoms with E-state index in [1.807, 2.05) is 18.0 Å². The van der Waals surface area contributed by atoms with E-state index in [2.05, 4.69) is 15.4 Å². The van der Waals surface area contributed by atoms with Crippen molar-refractivity contribution in [2.24, 2.45) is 0 Å². The molecule has 1 aliphatic rings. The molecule has 7 heteroatoms. The van der Waals surface area contributed by atoms with Crippen LogP contribution in [-0.2, 0) is 11.3 Å². The summed E-state index contributed by atoms with van der Waals surface area (Å²) in [4.78, 5) is 16.0. The van der Waals surface area contributed by atoms with Crippen molar-refractivity contribution in [2.75, 3.05) is 39.8 Å². The van der Waals surface area contributed by atoms with Gasteiger partial charge in [0.2, 0.25) is 5.91 Å². The van der Waals surface area contributed by atoms with Crippen LogP contribution in [0.5, 0.6) is 0 Å². The molecule has 0 bridgehead atoms. The molecule has 1 aromatic heterocycles. The maximum absolute atomic E-state index is 11.9. The van der Waals surface area contributed by atoms with Crippen LogP contribution in [0.25, 0.3) is 0 Å². The van der Waals surface area contributed by atoms with Crippen molar-refractivity contribution in [3.63, 3.8) is 0 Å². The number of aromatic nitrogens is 1. The molecule has 1 N–H and O–H groups in total. The number of amides is 1. The number of nitrogens with one attached hydrogen (secondary N) is 1. The van der Waals surface area contributed by atoms with E-state index in [4.69, 9.17) is 4.52 Å². The van der Waals surface area contributed by atoms with Crippen LogP contribution in [0.15, 0.2) is 16.9 Å². The molecule has 6 nitrogen and oxygen atoms in total. The Labute approximate surface area is 119 Å². The lowest BCUT2D eigenvalue weighted by molar-refractivity contribution is -0.132. The molecule has 1 aromatic rings. The zero-order valence-electron chi connectivity index (χ0n) is 11.2. The summed E-state index contributed by atoms with van der Waals surface area (Å²) in [7, 11) is 1.99. The molecule has 0 unspecified atom stereocenters. The van der Waals surface area contributed by atoms with Crippen molar-refractivity contribution in [1.82, 2.24) is 20.3 Å². The van der Waals surface area contributed by atoms with Crippen LogP contribution < -0.4 is 5.32 Å². The van der Waals surface area contributed by atoms with Crippen molar-refractivity contribution in [2.45, 2.75) is 13.0 Å². The molecule has 1 fully saturated rings. The highest BCUT2D eigenvalue weighted by Gasteiger charge is 2.16. The minimum atomic E-state index is 0. The molecule has 108 valence electrons. The summed E-state index contributed by atoms with van der Waals surface area (Å²) in [5.41, 5.74) is 0.895. The highest BCUT2D eigenvalue weighted by molar-refractivity contribution is 5.85. The molecule has 0 aromatic carbocycles. The van der Waals surface area contributed by atoms with Crippen molar-refractivity contribution < 1.29 is 9.32 Å². The van der Waals surface area contributed by atoms with Gasteiger partial charge in [0, 0.05) is 51.8 Å². The minimum absolute atomic E-state index is 0. The molecule has 1 saturated heterocycles. The van der Waals surface area contributed by atoms with E-state index in [1.165, 1.54) is 0 Å². The summed E-state index contributed by atoms with van der Waals surface area (Å²) >= 11 is 0. The van der Waals surface area contributed by atoms with E-state index in [1.54, 1.807) is 6.26 Å². The number of piperazine rings is 1. The van der Waals surface area contributed by atoms with Gasteiger partial charge < -0.3 is 14.7 Å². The van der Waals surface area contributed by atoms with Crippen LogP contribution in [0.1, 0.15) is 12.1 Å². The molecule has 0 aliphatic carbocycles. The molecule has 1 aliphatic heterocycles. The molecular formula is C12H21ClN4O2. The third-order valence-corrected chi connectivity index (χ3v) is 3.10. The third-order valence-electron chi connectivity index (χ3n) is 3.10. The van der Waals surface area contributed by atoms with Crippen molar-refractivity contribution >= 4 is 18.3 Å². The first kappa shape index (κ1) is 15.9. The Bertz CT molecular complexity index is 366. The zero-order chi connectivity index (χ0) is 12.8. The van der Waals surface area contributed by atoms with Crippen LogP contribution in [0.3, 0.4) is 0 Å². The van der Waals surface area contributed by atoms with Gasteiger partial charge in [-0.15, -0.1) is 12.4 Å². The van der Waals surface area contributed by atoms with Gasteiger partial charge in [-0.2, -0.15) is 0 Å². The summed E-state index contributed by atoms with van der Waals surface area (Å²) in [6, 6.07) is 1.84. The molecular weight excluding hydrogens is 268 g/mol. The predicted octanol–water partition coefficient (Wildman–Crippen LogP) is 0.350. The third kappa shape index (κ3) is 5.18. The largest absolute Gasteiger partial charge is 0.364 e. The number of halogens is 1. The maximum Gasteiger partial charge on any atom is 0.223 e. The smallest absolute Gasteiger partial charge is 0.223 e. The number of hydrogen-bond donors (Lipinski definition) is 1. The number of carbonyl (C=O) groups is 1. The highest BCUT2D eigenvalue weighted by Crippen LogP contribution is 2.02. The number of carbonyl (C=O) groups excluding carboxylic acids is 1. The standard InChI is InChI=1S/C12H20N4O2.ClH/c1-15(10-11-3-9-18-14-11)6-2-12(17)16-7-4-13-5-8-16;/h3,9,13H,2,4-8,10H2,1H3;1H. The van der Waals surface area contributed by atoms with Crippen molar-refractivity contribution in [3.8, 4) is 0 Å². The van der Waals surface area contributed by atoms with Gasteiger partial charge in [0.25, 0.3) is 0 Å². The van der Waals surface area contributed by atoms with E-state index < -0.39 is 0 Å². The zero-order valence-corrected chi connectivity index (χ0v) is 12.0. The Kier molecular flexibility index (Phi) is 6.83. The summed E-state index contributed by atoms with van der Waals surface area (Å²) in [5, 5.41) is 7.09. The first-order valence-corrected chi connectivity index (χ1v) is 6.32. The monoisotopic (exact) mass is 288 g/mol. The van der Waals surface area contributed by atoms with Crippen LogP contribution in [0, 0.1) is 0 Å². The van der Waals surface area contributed by atoms with E-state index in [0.29, 0.717) is 13.0 Å². The maximum atomic E-state index is 11.9. The molecule has 0 atom stereocenters. The van der Waals surface area contributed by atoms with Crippen LogP contribution >= 0.6 is 12.4 Å². The Morgan fingerprint density at radius 3 is 2.89 bits per heavy atom. The van der Waals surface area contributed by atoms with Gasteiger partial charge in [0.05, 0.1) is 5.69 Å². The van der Waals surface area contributed by atoms with Crippen LogP contribution in [0.4, 0.5) is 0 Å². The van der Waals surface area contributed by atoms with Gasteiger partial charge in [0.15, 0.2) is 0 Å². The SMILES string of the molecule is CN(CCC(=O)N1CCNCC1)Cc1ccon1.Cl. The first-order chi connectivity index (χ1) is 8.75. The molecule has 2 rings (SSSR count). The second-order valence-electron chi connectivity index (χ2n) is 4.61. The lowest BCUT2D eigenvalue weighted by Crippen LogP contribution is -2.47. The van der Waals surface area contributed by atoms with Gasteiger partial charge in [0.1, 0.15) is 6.26 Å². The average Bonchev–Trinajstić information content (AvgIpc) is 2.90. The molecule has 0 spiro atoms. The van der Waals surface area contributed by atoms with Gasteiger partial charge in [-0.25, -0.2) is 0 Å². The van der Waals surface area contributed by atoms with Crippen LogP contribution in [-0.4, -0.2) is 60.6 Å². The minimum Gasteiger partial charge on any atom is -0.364 e. The highest BCUT2D eigenvalue weighted by atomic mass is 35.5. The van der Waals surface area contributed by atoms with Gasteiger partial charge in [-0.1, -0.05) is 5.16 Å². The summed E-state index contributed by atoms with van der Waals surface area (Å²) in [6.45, 7) is 4.92. The molecule has 0 saturated carbocycles. The summed E-state index contributed by atoms with van der Waals surface area (Å²) in [6.07, 6.45) is 2.13. The molecule has 1 amide bonds. The average molecular weight is 289 g/mol.